The lowest BCUT2D eigenvalue weighted by atomic mass is 9.79. The molecular formula is C31H30OSi. The molecule has 164 valence electrons. The van der Waals surface area contributed by atoms with Gasteiger partial charge in [0, 0.05) is 0 Å². The Morgan fingerprint density at radius 3 is 1.55 bits per heavy atom. The number of hydrogen-bond donors (Lipinski definition) is 0. The highest BCUT2D eigenvalue weighted by Gasteiger charge is 2.42. The predicted octanol–water partition coefficient (Wildman–Crippen LogP) is 6.61. The molecule has 4 aromatic carbocycles. The summed E-state index contributed by atoms with van der Waals surface area (Å²) in [5.41, 5.74) is 2.96. The molecule has 0 bridgehead atoms. The summed E-state index contributed by atoms with van der Waals surface area (Å²) in [5.74, 6) is 0.582. The van der Waals surface area contributed by atoms with Crippen molar-refractivity contribution in [3.05, 3.63) is 138 Å². The normalized spacial score (nSPS) is 18.3. The summed E-state index contributed by atoms with van der Waals surface area (Å²) in [7, 11) is 0.830. The van der Waals surface area contributed by atoms with Gasteiger partial charge in [-0.1, -0.05) is 139 Å². The molecule has 0 heterocycles. The van der Waals surface area contributed by atoms with Crippen LogP contribution in [0.5, 0.6) is 0 Å². The Morgan fingerprint density at radius 2 is 1.06 bits per heavy atom. The second-order valence-electron chi connectivity index (χ2n) is 8.87. The molecule has 1 aliphatic carbocycles. The van der Waals surface area contributed by atoms with Crippen LogP contribution in [0.15, 0.2) is 121 Å². The van der Waals surface area contributed by atoms with Crippen LogP contribution in [-0.2, 0) is 10.3 Å². The van der Waals surface area contributed by atoms with Gasteiger partial charge in [0.25, 0.3) is 0 Å². The minimum Gasteiger partial charge on any atom is -0.357 e. The molecular weight excluding hydrogens is 416 g/mol. The predicted molar refractivity (Wildman–Crippen MR) is 138 cm³/mol. The Bertz CT molecular complexity index is 1020. The smallest absolute Gasteiger partial charge is 0.144 e. The first-order chi connectivity index (χ1) is 16.4. The van der Waals surface area contributed by atoms with Crippen molar-refractivity contribution >= 4 is 14.7 Å². The van der Waals surface area contributed by atoms with E-state index in [1.54, 1.807) is 0 Å². The highest BCUT2D eigenvalue weighted by molar-refractivity contribution is 6.53. The Hall–Kier alpha value is -2.94. The van der Waals surface area contributed by atoms with Crippen LogP contribution in [0.3, 0.4) is 0 Å². The van der Waals surface area contributed by atoms with Crippen molar-refractivity contribution < 1.29 is 4.74 Å². The van der Waals surface area contributed by atoms with Crippen LogP contribution >= 0.6 is 0 Å². The SMILES string of the molecule is c1ccc([Si]C[C@H]2CCC[C@H]2OC(c2ccccc2)(c2ccccc2)c2ccccc2)cc1. The molecule has 0 saturated heterocycles. The van der Waals surface area contributed by atoms with Crippen molar-refractivity contribution in [2.75, 3.05) is 0 Å². The monoisotopic (exact) mass is 446 g/mol. The Labute approximate surface area is 200 Å². The Balaban J connectivity index is 1.53. The van der Waals surface area contributed by atoms with Gasteiger partial charge in [-0.3, -0.25) is 0 Å². The summed E-state index contributed by atoms with van der Waals surface area (Å²) in [6.07, 6.45) is 3.85. The fraction of sp³-hybridized carbons (Fsp3) is 0.226. The maximum Gasteiger partial charge on any atom is 0.144 e. The second kappa shape index (κ2) is 10.3. The van der Waals surface area contributed by atoms with Gasteiger partial charge in [0.2, 0.25) is 0 Å². The van der Waals surface area contributed by atoms with Gasteiger partial charge >= 0.3 is 0 Å². The number of rotatable bonds is 8. The molecule has 0 amide bonds. The lowest BCUT2D eigenvalue weighted by Gasteiger charge is -2.39. The van der Waals surface area contributed by atoms with E-state index < -0.39 is 5.60 Å². The molecule has 33 heavy (non-hydrogen) atoms. The highest BCUT2D eigenvalue weighted by atomic mass is 28.2. The number of ether oxygens (including phenoxy) is 1. The number of benzene rings is 4. The quantitative estimate of drug-likeness (QED) is 0.218. The van der Waals surface area contributed by atoms with Crippen molar-refractivity contribution in [1.29, 1.82) is 0 Å². The first-order valence-electron chi connectivity index (χ1n) is 12.0. The van der Waals surface area contributed by atoms with E-state index in [1.807, 2.05) is 0 Å². The molecule has 0 N–H and O–H groups in total. The third-order valence-electron chi connectivity index (χ3n) is 6.80. The van der Waals surface area contributed by atoms with Gasteiger partial charge in [-0.2, -0.15) is 0 Å². The summed E-state index contributed by atoms with van der Waals surface area (Å²) in [4.78, 5) is 0. The Kier molecular flexibility index (Phi) is 6.85. The van der Waals surface area contributed by atoms with Gasteiger partial charge in [0.05, 0.1) is 15.6 Å². The fourth-order valence-corrected chi connectivity index (χ4v) is 6.54. The van der Waals surface area contributed by atoms with Crippen LogP contribution < -0.4 is 5.19 Å². The second-order valence-corrected chi connectivity index (χ2v) is 10.2. The van der Waals surface area contributed by atoms with Crippen molar-refractivity contribution in [1.82, 2.24) is 0 Å². The van der Waals surface area contributed by atoms with Crippen molar-refractivity contribution in [3.8, 4) is 0 Å². The lowest BCUT2D eigenvalue weighted by molar-refractivity contribution is -0.0609. The van der Waals surface area contributed by atoms with E-state index in [4.69, 9.17) is 4.74 Å². The van der Waals surface area contributed by atoms with E-state index in [0.29, 0.717) is 5.92 Å². The third-order valence-corrected chi connectivity index (χ3v) is 8.27. The van der Waals surface area contributed by atoms with Crippen LogP contribution in [0.4, 0.5) is 0 Å². The van der Waals surface area contributed by atoms with Gasteiger partial charge in [0.15, 0.2) is 0 Å². The molecule has 0 spiro atoms. The van der Waals surface area contributed by atoms with Crippen molar-refractivity contribution in [2.24, 2.45) is 5.92 Å². The zero-order chi connectivity index (χ0) is 22.3. The van der Waals surface area contributed by atoms with Gasteiger partial charge < -0.3 is 4.74 Å². The van der Waals surface area contributed by atoms with Crippen LogP contribution in [0.1, 0.15) is 36.0 Å². The molecule has 5 rings (SSSR count). The van der Waals surface area contributed by atoms with Gasteiger partial charge in [0.1, 0.15) is 5.60 Å². The minimum atomic E-state index is -0.618. The molecule has 1 nitrogen and oxygen atoms in total. The van der Waals surface area contributed by atoms with Crippen LogP contribution in [0.25, 0.3) is 0 Å². The molecule has 2 radical (unpaired) electrons. The molecule has 0 aromatic heterocycles. The zero-order valence-electron chi connectivity index (χ0n) is 18.9. The first kappa shape index (κ1) is 21.9. The van der Waals surface area contributed by atoms with E-state index >= 15 is 0 Å². The molecule has 1 fully saturated rings. The van der Waals surface area contributed by atoms with Gasteiger partial charge in [-0.25, -0.2) is 0 Å². The molecule has 1 aliphatic rings. The molecule has 2 atom stereocenters. The first-order valence-corrected chi connectivity index (χ1v) is 13.2. The summed E-state index contributed by atoms with van der Waals surface area (Å²) in [6, 6.07) is 44.4. The fourth-order valence-electron chi connectivity index (χ4n) is 5.15. The van der Waals surface area contributed by atoms with Crippen LogP contribution in [-0.4, -0.2) is 15.6 Å². The van der Waals surface area contributed by atoms with Crippen LogP contribution in [0.2, 0.25) is 6.04 Å². The van der Waals surface area contributed by atoms with Crippen molar-refractivity contribution in [3.63, 3.8) is 0 Å². The van der Waals surface area contributed by atoms with E-state index in [1.165, 1.54) is 40.8 Å². The molecule has 1 saturated carbocycles. The average molecular weight is 447 g/mol. The molecule has 0 aliphatic heterocycles. The largest absolute Gasteiger partial charge is 0.357 e. The van der Waals surface area contributed by atoms with Gasteiger partial charge in [-0.05, 0) is 35.4 Å². The average Bonchev–Trinajstić information content (AvgIpc) is 3.35. The molecule has 4 aromatic rings. The zero-order valence-corrected chi connectivity index (χ0v) is 19.9. The Morgan fingerprint density at radius 1 is 0.606 bits per heavy atom. The van der Waals surface area contributed by atoms with E-state index in [2.05, 4.69) is 121 Å². The topological polar surface area (TPSA) is 9.23 Å². The number of hydrogen-bond acceptors (Lipinski definition) is 1. The summed E-state index contributed by atoms with van der Waals surface area (Å²) in [6.45, 7) is 0. The summed E-state index contributed by atoms with van der Waals surface area (Å²) >= 11 is 0. The molecule has 0 unspecified atom stereocenters. The highest BCUT2D eigenvalue weighted by Crippen LogP contribution is 2.45. The van der Waals surface area contributed by atoms with E-state index in [0.717, 1.165) is 15.9 Å². The maximum absolute atomic E-state index is 7.36. The summed E-state index contributed by atoms with van der Waals surface area (Å²) in [5, 5.41) is 1.45. The van der Waals surface area contributed by atoms with E-state index in [9.17, 15) is 0 Å². The van der Waals surface area contributed by atoms with E-state index in [-0.39, 0.29) is 6.10 Å². The maximum atomic E-state index is 7.36. The van der Waals surface area contributed by atoms with Crippen LogP contribution in [0, 0.1) is 5.92 Å². The standard InChI is InChI=1S/C31H30OSi/c1-5-15-26(16-6-1)31(27-17-7-2-8-18-27,28-19-9-3-10-20-28)32-30-23-13-14-25(30)24-33-29-21-11-4-12-22-29/h1-12,15-22,25,30H,13-14,23-24H2/t25-,30-/m1/s1. The van der Waals surface area contributed by atoms with Crippen molar-refractivity contribution in [2.45, 2.75) is 37.0 Å². The lowest BCUT2D eigenvalue weighted by Crippen LogP contribution is -2.38. The minimum absolute atomic E-state index is 0.238. The third kappa shape index (κ3) is 4.73. The molecule has 2 heteroatoms. The summed E-state index contributed by atoms with van der Waals surface area (Å²) < 4.78 is 7.36. The van der Waals surface area contributed by atoms with Gasteiger partial charge in [-0.15, -0.1) is 0 Å².